The number of halogens is 1. The maximum absolute atomic E-state index is 6.13. The third kappa shape index (κ3) is 6.06. The summed E-state index contributed by atoms with van der Waals surface area (Å²) in [6.45, 7) is 7.43. The largest absolute Gasteiger partial charge is 0.314 e. The molecule has 0 amide bonds. The Bertz CT molecular complexity index is 326. The molecule has 0 aliphatic carbocycles. The minimum Gasteiger partial charge on any atom is -0.314 e. The topological polar surface area (TPSA) is 15.3 Å². The number of hydrogen-bond acceptors (Lipinski definition) is 2. The molecule has 2 nitrogen and oxygen atoms in total. The van der Waals surface area contributed by atoms with Gasteiger partial charge in [-0.05, 0) is 38.2 Å². The highest BCUT2D eigenvalue weighted by Gasteiger charge is 2.03. The zero-order valence-corrected chi connectivity index (χ0v) is 11.8. The fourth-order valence-electron chi connectivity index (χ4n) is 1.74. The number of hydrogen-bond donors (Lipinski definition) is 1. The van der Waals surface area contributed by atoms with Crippen LogP contribution in [-0.2, 0) is 6.54 Å². The van der Waals surface area contributed by atoms with E-state index in [-0.39, 0.29) is 0 Å². The highest BCUT2D eigenvalue weighted by Crippen LogP contribution is 2.16. The van der Waals surface area contributed by atoms with Gasteiger partial charge in [0, 0.05) is 17.6 Å². The molecule has 0 saturated carbocycles. The van der Waals surface area contributed by atoms with Crippen LogP contribution in [0.15, 0.2) is 24.3 Å². The lowest BCUT2D eigenvalue weighted by Gasteiger charge is -2.18. The van der Waals surface area contributed by atoms with Crippen LogP contribution >= 0.6 is 11.6 Å². The molecule has 0 atom stereocenters. The molecule has 0 aliphatic heterocycles. The van der Waals surface area contributed by atoms with Gasteiger partial charge in [-0.25, -0.2) is 0 Å². The van der Waals surface area contributed by atoms with E-state index in [0.29, 0.717) is 6.04 Å². The van der Waals surface area contributed by atoms with Gasteiger partial charge in [0.05, 0.1) is 0 Å². The molecule has 0 aromatic heterocycles. The molecule has 0 saturated heterocycles. The second kappa shape index (κ2) is 7.70. The Hall–Kier alpha value is -0.570. The summed E-state index contributed by atoms with van der Waals surface area (Å²) in [5, 5.41) is 4.28. The Kier molecular flexibility index (Phi) is 6.56. The fraction of sp³-hybridized carbons (Fsp3) is 0.571. The first-order chi connectivity index (χ1) is 8.09. The van der Waals surface area contributed by atoms with E-state index in [9.17, 15) is 0 Å². The molecular weight excluding hydrogens is 232 g/mol. The summed E-state index contributed by atoms with van der Waals surface area (Å²) in [7, 11) is 2.14. The van der Waals surface area contributed by atoms with Gasteiger partial charge in [0.1, 0.15) is 0 Å². The summed E-state index contributed by atoms with van der Waals surface area (Å²) < 4.78 is 0. The van der Waals surface area contributed by atoms with Gasteiger partial charge >= 0.3 is 0 Å². The molecule has 1 aromatic rings. The van der Waals surface area contributed by atoms with E-state index in [1.54, 1.807) is 0 Å². The van der Waals surface area contributed by atoms with Crippen molar-refractivity contribution in [1.29, 1.82) is 0 Å². The summed E-state index contributed by atoms with van der Waals surface area (Å²) in [5.74, 6) is 0. The van der Waals surface area contributed by atoms with Crippen molar-refractivity contribution in [2.75, 3.05) is 20.1 Å². The third-order valence-corrected chi connectivity index (χ3v) is 3.04. The first-order valence-electron chi connectivity index (χ1n) is 6.25. The van der Waals surface area contributed by atoms with Crippen molar-refractivity contribution in [3.63, 3.8) is 0 Å². The van der Waals surface area contributed by atoms with E-state index in [2.05, 4.69) is 37.2 Å². The predicted molar refractivity (Wildman–Crippen MR) is 75.5 cm³/mol. The van der Waals surface area contributed by atoms with Gasteiger partial charge in [0.2, 0.25) is 0 Å². The first-order valence-corrected chi connectivity index (χ1v) is 6.62. The normalized spacial score (nSPS) is 11.4. The quantitative estimate of drug-likeness (QED) is 0.752. The average molecular weight is 255 g/mol. The standard InChI is InChI=1S/C14H23ClN2/c1-12(2)16-9-6-10-17(3)11-13-7-4-5-8-14(13)15/h4-5,7-8,12,16H,6,9-11H2,1-3H3. The lowest BCUT2D eigenvalue weighted by atomic mass is 10.2. The third-order valence-electron chi connectivity index (χ3n) is 2.67. The number of rotatable bonds is 7. The van der Waals surface area contributed by atoms with Gasteiger partial charge in [-0.15, -0.1) is 0 Å². The maximum Gasteiger partial charge on any atom is 0.0451 e. The monoisotopic (exact) mass is 254 g/mol. The van der Waals surface area contributed by atoms with Crippen LogP contribution in [0.2, 0.25) is 5.02 Å². The van der Waals surface area contributed by atoms with Gasteiger partial charge in [-0.1, -0.05) is 43.6 Å². The molecule has 0 heterocycles. The van der Waals surface area contributed by atoms with Crippen LogP contribution in [-0.4, -0.2) is 31.1 Å². The number of nitrogens with zero attached hydrogens (tertiary/aromatic N) is 1. The Morgan fingerprint density at radius 3 is 2.65 bits per heavy atom. The first kappa shape index (κ1) is 14.5. The molecule has 1 N–H and O–H groups in total. The fourth-order valence-corrected chi connectivity index (χ4v) is 1.93. The maximum atomic E-state index is 6.13. The van der Waals surface area contributed by atoms with Crippen molar-refractivity contribution in [3.05, 3.63) is 34.9 Å². The van der Waals surface area contributed by atoms with Crippen molar-refractivity contribution < 1.29 is 0 Å². The summed E-state index contributed by atoms with van der Waals surface area (Å²) >= 11 is 6.13. The van der Waals surface area contributed by atoms with Crippen LogP contribution in [0.4, 0.5) is 0 Å². The van der Waals surface area contributed by atoms with E-state index in [1.165, 1.54) is 12.0 Å². The molecular formula is C14H23ClN2. The SMILES string of the molecule is CC(C)NCCCN(C)Cc1ccccc1Cl. The molecule has 0 bridgehead atoms. The van der Waals surface area contributed by atoms with Gasteiger partial charge in [-0.3, -0.25) is 0 Å². The van der Waals surface area contributed by atoms with E-state index >= 15 is 0 Å². The van der Waals surface area contributed by atoms with Crippen molar-refractivity contribution in [1.82, 2.24) is 10.2 Å². The zero-order valence-electron chi connectivity index (χ0n) is 11.0. The minimum atomic E-state index is 0.573. The lowest BCUT2D eigenvalue weighted by molar-refractivity contribution is 0.318. The van der Waals surface area contributed by atoms with E-state index < -0.39 is 0 Å². The molecule has 17 heavy (non-hydrogen) atoms. The van der Waals surface area contributed by atoms with E-state index in [4.69, 9.17) is 11.6 Å². The van der Waals surface area contributed by atoms with Crippen LogP contribution in [0.25, 0.3) is 0 Å². The van der Waals surface area contributed by atoms with Crippen LogP contribution < -0.4 is 5.32 Å². The predicted octanol–water partition coefficient (Wildman–Crippen LogP) is 3.16. The molecule has 1 rings (SSSR count). The molecule has 0 fully saturated rings. The zero-order chi connectivity index (χ0) is 12.7. The summed E-state index contributed by atoms with van der Waals surface area (Å²) in [6.07, 6.45) is 1.17. The molecule has 1 aromatic carbocycles. The second-order valence-electron chi connectivity index (χ2n) is 4.79. The van der Waals surface area contributed by atoms with Crippen molar-refractivity contribution in [3.8, 4) is 0 Å². The Labute approximate surface area is 110 Å². The summed E-state index contributed by atoms with van der Waals surface area (Å²) in [6, 6.07) is 8.62. The molecule has 3 heteroatoms. The van der Waals surface area contributed by atoms with Crippen molar-refractivity contribution in [2.24, 2.45) is 0 Å². The van der Waals surface area contributed by atoms with Gasteiger partial charge in [-0.2, -0.15) is 0 Å². The summed E-state index contributed by atoms with van der Waals surface area (Å²) in [4.78, 5) is 2.31. The molecule has 0 aliphatic rings. The summed E-state index contributed by atoms with van der Waals surface area (Å²) in [5.41, 5.74) is 1.20. The Morgan fingerprint density at radius 1 is 1.29 bits per heavy atom. The molecule has 0 spiro atoms. The molecule has 0 radical (unpaired) electrons. The molecule has 0 unspecified atom stereocenters. The van der Waals surface area contributed by atoms with Gasteiger partial charge in [0.25, 0.3) is 0 Å². The number of benzene rings is 1. The second-order valence-corrected chi connectivity index (χ2v) is 5.20. The lowest BCUT2D eigenvalue weighted by Crippen LogP contribution is -2.27. The van der Waals surface area contributed by atoms with Crippen LogP contribution in [0.5, 0.6) is 0 Å². The molecule has 96 valence electrons. The highest BCUT2D eigenvalue weighted by molar-refractivity contribution is 6.31. The Balaban J connectivity index is 2.25. The van der Waals surface area contributed by atoms with Crippen molar-refractivity contribution in [2.45, 2.75) is 32.9 Å². The van der Waals surface area contributed by atoms with Crippen LogP contribution in [0, 0.1) is 0 Å². The van der Waals surface area contributed by atoms with Crippen LogP contribution in [0.3, 0.4) is 0 Å². The Morgan fingerprint density at radius 2 is 2.00 bits per heavy atom. The smallest absolute Gasteiger partial charge is 0.0451 e. The highest BCUT2D eigenvalue weighted by atomic mass is 35.5. The van der Waals surface area contributed by atoms with E-state index in [1.807, 2.05) is 18.2 Å². The van der Waals surface area contributed by atoms with E-state index in [0.717, 1.165) is 24.7 Å². The average Bonchev–Trinajstić information content (AvgIpc) is 2.27. The van der Waals surface area contributed by atoms with Gasteiger partial charge in [0.15, 0.2) is 0 Å². The van der Waals surface area contributed by atoms with Gasteiger partial charge < -0.3 is 10.2 Å². The minimum absolute atomic E-state index is 0.573. The van der Waals surface area contributed by atoms with Crippen molar-refractivity contribution >= 4 is 11.6 Å². The number of nitrogens with one attached hydrogen (secondary N) is 1. The van der Waals surface area contributed by atoms with Crippen LogP contribution in [0.1, 0.15) is 25.8 Å².